The zero-order chi connectivity index (χ0) is 15.4. The zero-order valence-corrected chi connectivity index (χ0v) is 10.7. The Morgan fingerprint density at radius 2 is 1.76 bits per heavy atom. The number of rotatable bonds is 3. The van der Waals surface area contributed by atoms with E-state index in [9.17, 15) is 14.7 Å². The van der Waals surface area contributed by atoms with E-state index in [1.807, 2.05) is 6.07 Å². The summed E-state index contributed by atoms with van der Waals surface area (Å²) >= 11 is 0. The average molecular weight is 282 g/mol. The van der Waals surface area contributed by atoms with Gasteiger partial charge in [-0.1, -0.05) is 6.07 Å². The Morgan fingerprint density at radius 3 is 2.33 bits per heavy atom. The highest BCUT2D eigenvalue weighted by Gasteiger charge is 2.15. The van der Waals surface area contributed by atoms with Gasteiger partial charge in [-0.05, 0) is 36.4 Å². The van der Waals surface area contributed by atoms with Gasteiger partial charge in [0, 0.05) is 5.56 Å². The van der Waals surface area contributed by atoms with E-state index in [2.05, 4.69) is 5.32 Å². The fraction of sp³-hybridized carbons (Fsp3) is 0. The molecule has 6 nitrogen and oxygen atoms in total. The van der Waals surface area contributed by atoms with Crippen molar-refractivity contribution in [3.8, 4) is 11.8 Å². The standard InChI is InChI=1S/C15H10N2O4/c16-8-9-4-6-10(7-5-9)14(19)17-12-3-1-2-11(13(12)18)15(20)21/h1-7,18H,(H,17,19)(H,20,21). The van der Waals surface area contributed by atoms with Gasteiger partial charge in [0.25, 0.3) is 5.91 Å². The molecule has 1 amide bonds. The van der Waals surface area contributed by atoms with Crippen molar-refractivity contribution in [3.05, 3.63) is 59.2 Å². The number of carboxylic acid groups (broad SMARTS) is 1. The zero-order valence-electron chi connectivity index (χ0n) is 10.7. The molecule has 104 valence electrons. The maximum absolute atomic E-state index is 12.0. The molecule has 0 spiro atoms. The van der Waals surface area contributed by atoms with Crippen LogP contribution in [0.3, 0.4) is 0 Å². The molecular weight excluding hydrogens is 272 g/mol. The van der Waals surface area contributed by atoms with Gasteiger partial charge < -0.3 is 15.5 Å². The van der Waals surface area contributed by atoms with Gasteiger partial charge in [0.2, 0.25) is 0 Å². The van der Waals surface area contributed by atoms with Crippen molar-refractivity contribution in [3.63, 3.8) is 0 Å². The summed E-state index contributed by atoms with van der Waals surface area (Å²) in [5.74, 6) is -2.31. The van der Waals surface area contributed by atoms with E-state index in [0.717, 1.165) is 0 Å². The lowest BCUT2D eigenvalue weighted by Gasteiger charge is -2.09. The lowest BCUT2D eigenvalue weighted by molar-refractivity contribution is 0.0693. The van der Waals surface area contributed by atoms with Crippen molar-refractivity contribution in [1.82, 2.24) is 0 Å². The van der Waals surface area contributed by atoms with Crippen LogP contribution in [0.5, 0.6) is 5.75 Å². The van der Waals surface area contributed by atoms with Gasteiger partial charge in [0.1, 0.15) is 5.56 Å². The topological polar surface area (TPSA) is 110 Å². The number of hydrogen-bond donors (Lipinski definition) is 3. The van der Waals surface area contributed by atoms with Gasteiger partial charge in [-0.15, -0.1) is 0 Å². The number of nitrogens with one attached hydrogen (secondary N) is 1. The van der Waals surface area contributed by atoms with Crippen molar-refractivity contribution in [1.29, 1.82) is 5.26 Å². The lowest BCUT2D eigenvalue weighted by Crippen LogP contribution is -2.12. The fourth-order valence-corrected chi connectivity index (χ4v) is 1.71. The molecule has 0 saturated heterocycles. The lowest BCUT2D eigenvalue weighted by atomic mass is 10.1. The molecule has 0 unspecified atom stereocenters. The highest BCUT2D eigenvalue weighted by molar-refractivity contribution is 6.06. The van der Waals surface area contributed by atoms with Crippen LogP contribution in [0, 0.1) is 11.3 Å². The van der Waals surface area contributed by atoms with E-state index < -0.39 is 17.6 Å². The summed E-state index contributed by atoms with van der Waals surface area (Å²) in [6, 6.07) is 11.9. The highest BCUT2D eigenvalue weighted by atomic mass is 16.4. The summed E-state index contributed by atoms with van der Waals surface area (Å²) in [5.41, 5.74) is 0.410. The Balaban J connectivity index is 2.25. The van der Waals surface area contributed by atoms with Crippen molar-refractivity contribution < 1.29 is 19.8 Å². The van der Waals surface area contributed by atoms with Crippen LogP contribution in [0.2, 0.25) is 0 Å². The Morgan fingerprint density at radius 1 is 1.10 bits per heavy atom. The van der Waals surface area contributed by atoms with Crippen LogP contribution in [-0.4, -0.2) is 22.1 Å². The molecule has 0 bridgehead atoms. The van der Waals surface area contributed by atoms with E-state index in [1.165, 1.54) is 42.5 Å². The Bertz CT molecular complexity index is 745. The number of hydrogen-bond acceptors (Lipinski definition) is 4. The normalized spacial score (nSPS) is 9.67. The first kappa shape index (κ1) is 14.1. The first-order valence-electron chi connectivity index (χ1n) is 5.89. The minimum Gasteiger partial charge on any atom is -0.505 e. The average Bonchev–Trinajstić information content (AvgIpc) is 2.49. The number of anilines is 1. The number of phenols is 1. The number of aromatic hydroxyl groups is 1. The van der Waals surface area contributed by atoms with E-state index in [1.54, 1.807) is 0 Å². The van der Waals surface area contributed by atoms with Crippen molar-refractivity contribution in [2.24, 2.45) is 0 Å². The number of para-hydroxylation sites is 1. The molecule has 6 heteroatoms. The molecule has 0 heterocycles. The van der Waals surface area contributed by atoms with E-state index >= 15 is 0 Å². The molecule has 0 saturated carbocycles. The minimum absolute atomic E-state index is 0.00394. The second-order valence-electron chi connectivity index (χ2n) is 4.15. The third-order valence-corrected chi connectivity index (χ3v) is 2.79. The number of amides is 1. The highest BCUT2D eigenvalue weighted by Crippen LogP contribution is 2.27. The first-order chi connectivity index (χ1) is 10.0. The molecule has 0 aliphatic rings. The molecule has 0 radical (unpaired) electrons. The van der Waals surface area contributed by atoms with Gasteiger partial charge in [0.05, 0.1) is 17.3 Å². The molecule has 2 aromatic rings. The molecule has 2 aromatic carbocycles. The maximum Gasteiger partial charge on any atom is 0.339 e. The number of nitriles is 1. The monoisotopic (exact) mass is 282 g/mol. The molecule has 3 N–H and O–H groups in total. The predicted octanol–water partition coefficient (Wildman–Crippen LogP) is 2.21. The molecule has 0 aromatic heterocycles. The van der Waals surface area contributed by atoms with Crippen LogP contribution in [0.15, 0.2) is 42.5 Å². The van der Waals surface area contributed by atoms with Crippen LogP contribution in [0.25, 0.3) is 0 Å². The Hall–Kier alpha value is -3.33. The molecular formula is C15H10N2O4. The largest absolute Gasteiger partial charge is 0.505 e. The predicted molar refractivity (Wildman–Crippen MR) is 74.2 cm³/mol. The summed E-state index contributed by atoms with van der Waals surface area (Å²) in [4.78, 5) is 22.9. The van der Waals surface area contributed by atoms with Gasteiger partial charge in [0.15, 0.2) is 5.75 Å². The third-order valence-electron chi connectivity index (χ3n) is 2.79. The first-order valence-corrected chi connectivity index (χ1v) is 5.89. The van der Waals surface area contributed by atoms with Crippen LogP contribution >= 0.6 is 0 Å². The molecule has 21 heavy (non-hydrogen) atoms. The summed E-state index contributed by atoms with van der Waals surface area (Å²) in [6.07, 6.45) is 0. The van der Waals surface area contributed by atoms with Crippen LogP contribution in [0.4, 0.5) is 5.69 Å². The SMILES string of the molecule is N#Cc1ccc(C(=O)Nc2cccc(C(=O)O)c2O)cc1. The van der Waals surface area contributed by atoms with E-state index in [0.29, 0.717) is 5.56 Å². The second kappa shape index (κ2) is 5.75. The summed E-state index contributed by atoms with van der Waals surface area (Å²) in [7, 11) is 0. The van der Waals surface area contributed by atoms with Crippen LogP contribution < -0.4 is 5.32 Å². The van der Waals surface area contributed by atoms with Crippen LogP contribution in [0.1, 0.15) is 26.3 Å². The second-order valence-corrected chi connectivity index (χ2v) is 4.15. The van der Waals surface area contributed by atoms with Crippen molar-refractivity contribution >= 4 is 17.6 Å². The van der Waals surface area contributed by atoms with Gasteiger partial charge in [-0.3, -0.25) is 4.79 Å². The Kier molecular flexibility index (Phi) is 3.86. The van der Waals surface area contributed by atoms with Crippen molar-refractivity contribution in [2.75, 3.05) is 5.32 Å². The van der Waals surface area contributed by atoms with E-state index in [4.69, 9.17) is 10.4 Å². The summed E-state index contributed by atoms with van der Waals surface area (Å²) < 4.78 is 0. The smallest absolute Gasteiger partial charge is 0.339 e. The quantitative estimate of drug-likeness (QED) is 0.747. The summed E-state index contributed by atoms with van der Waals surface area (Å²) in [5, 5.41) is 29.8. The maximum atomic E-state index is 12.0. The number of carbonyl (C=O) groups is 2. The Labute approximate surface area is 119 Å². The molecule has 0 aliphatic carbocycles. The summed E-state index contributed by atoms with van der Waals surface area (Å²) in [6.45, 7) is 0. The fourth-order valence-electron chi connectivity index (χ4n) is 1.71. The van der Waals surface area contributed by atoms with Gasteiger partial charge in [-0.2, -0.15) is 5.26 Å². The van der Waals surface area contributed by atoms with Gasteiger partial charge in [-0.25, -0.2) is 4.79 Å². The molecule has 0 atom stereocenters. The van der Waals surface area contributed by atoms with Crippen molar-refractivity contribution in [2.45, 2.75) is 0 Å². The van der Waals surface area contributed by atoms with Gasteiger partial charge >= 0.3 is 5.97 Å². The molecule has 0 aliphatic heterocycles. The molecule has 2 rings (SSSR count). The van der Waals surface area contributed by atoms with Crippen LogP contribution in [-0.2, 0) is 0 Å². The number of aromatic carboxylic acids is 1. The number of nitrogens with zero attached hydrogens (tertiary/aromatic N) is 1. The number of benzene rings is 2. The third kappa shape index (κ3) is 2.98. The number of carboxylic acids is 1. The van der Waals surface area contributed by atoms with E-state index in [-0.39, 0.29) is 16.8 Å². The minimum atomic E-state index is -1.29. The molecule has 0 fully saturated rings. The number of carbonyl (C=O) groups excluding carboxylic acids is 1.